The summed E-state index contributed by atoms with van der Waals surface area (Å²) in [5.74, 6) is 0.305. The topological polar surface area (TPSA) is 20.2 Å². The number of hydrogen-bond acceptors (Lipinski definition) is 1. The normalized spacial score (nSPS) is 9.65. The molecule has 2 aromatic rings. The van der Waals surface area contributed by atoms with E-state index in [4.69, 9.17) is 5.11 Å². The summed E-state index contributed by atoms with van der Waals surface area (Å²) in [6, 6.07) is 17.3. The Labute approximate surface area is 105 Å². The third-order valence-electron chi connectivity index (χ3n) is 1.97. The lowest BCUT2D eigenvalue weighted by atomic mass is 10.1. The van der Waals surface area contributed by atoms with E-state index in [-0.39, 0.29) is 8.80 Å². The van der Waals surface area contributed by atoms with Gasteiger partial charge in [-0.3, -0.25) is 0 Å². The molecule has 1 N–H and O–H groups in total. The maximum Gasteiger partial charge on any atom is 0.115 e. The van der Waals surface area contributed by atoms with Crippen LogP contribution in [0.5, 0.6) is 5.75 Å². The largest absolute Gasteiger partial charge is 0.508 e. The van der Waals surface area contributed by atoms with Gasteiger partial charge in [0.05, 0.1) is 0 Å². The molecule has 0 spiro atoms. The first-order chi connectivity index (χ1) is 8.09. The van der Waals surface area contributed by atoms with Crippen LogP contribution in [0.15, 0.2) is 54.6 Å². The van der Waals surface area contributed by atoms with Crippen molar-refractivity contribution in [2.45, 2.75) is 19.6 Å². The monoisotopic (exact) mass is 244 g/mol. The van der Waals surface area contributed by atoms with Crippen LogP contribution in [0.4, 0.5) is 0 Å². The molecule has 0 saturated carbocycles. The Morgan fingerprint density at radius 2 is 1.12 bits per heavy atom. The number of phenols is 1. The van der Waals surface area contributed by atoms with E-state index >= 15 is 0 Å². The van der Waals surface area contributed by atoms with Gasteiger partial charge >= 0.3 is 0 Å². The van der Waals surface area contributed by atoms with Crippen molar-refractivity contribution in [3.8, 4) is 16.9 Å². The van der Waals surface area contributed by atoms with E-state index in [1.54, 1.807) is 12.1 Å². The summed E-state index contributed by atoms with van der Waals surface area (Å²) in [4.78, 5) is 0. The van der Waals surface area contributed by atoms with Crippen molar-refractivity contribution in [2.75, 3.05) is 0 Å². The van der Waals surface area contributed by atoms with Gasteiger partial charge in [-0.25, -0.2) is 0 Å². The zero-order valence-corrected chi connectivity index (χ0v) is 11.9. The van der Waals surface area contributed by atoms with Gasteiger partial charge in [0.25, 0.3) is 0 Å². The molecule has 0 heterocycles. The minimum absolute atomic E-state index is 0.139. The van der Waals surface area contributed by atoms with E-state index in [9.17, 15) is 0 Å². The number of aromatic hydroxyl groups is 1. The summed E-state index contributed by atoms with van der Waals surface area (Å²) >= 11 is 0. The van der Waals surface area contributed by atoms with Crippen molar-refractivity contribution in [1.29, 1.82) is 0 Å². The molecule has 0 aliphatic carbocycles. The van der Waals surface area contributed by atoms with Gasteiger partial charge in [-0.05, 0) is 23.3 Å². The average molecular weight is 244 g/mol. The molecule has 2 rings (SSSR count). The molecule has 17 heavy (non-hydrogen) atoms. The van der Waals surface area contributed by atoms with Crippen LogP contribution in [-0.2, 0) is 0 Å². The van der Waals surface area contributed by atoms with Gasteiger partial charge in [0.15, 0.2) is 0 Å². The lowest BCUT2D eigenvalue weighted by Gasteiger charge is -2.00. The zero-order chi connectivity index (χ0) is 12.7. The Bertz CT molecular complexity index is 418. The molecule has 0 unspecified atom stereocenters. The molecule has 2 heteroatoms. The third kappa shape index (κ3) is 5.36. The van der Waals surface area contributed by atoms with Crippen LogP contribution >= 0.6 is 0 Å². The van der Waals surface area contributed by atoms with Crippen molar-refractivity contribution in [1.82, 2.24) is 0 Å². The van der Waals surface area contributed by atoms with Gasteiger partial charge in [-0.15, -0.1) is 0 Å². The Hall–Kier alpha value is -1.54. The second kappa shape index (κ2) is 6.92. The predicted octanol–water partition coefficient (Wildman–Crippen LogP) is 4.16. The molecule has 0 saturated heterocycles. The van der Waals surface area contributed by atoms with Gasteiger partial charge in [0.2, 0.25) is 0 Å². The van der Waals surface area contributed by atoms with E-state index in [0.717, 1.165) is 5.56 Å². The fourth-order valence-electron chi connectivity index (χ4n) is 1.28. The molecule has 0 aliphatic rings. The summed E-state index contributed by atoms with van der Waals surface area (Å²) in [5.41, 5.74) is 2.29. The number of phenolic OH excluding ortho intramolecular Hbond substituents is 1. The first kappa shape index (κ1) is 13.5. The highest BCUT2D eigenvalue weighted by Crippen LogP contribution is 2.20. The van der Waals surface area contributed by atoms with E-state index < -0.39 is 0 Å². The van der Waals surface area contributed by atoms with Crippen LogP contribution in [0.25, 0.3) is 11.1 Å². The molecule has 90 valence electrons. The molecule has 0 aliphatic heterocycles. The second-order valence-electron chi connectivity index (χ2n) is 4.64. The number of rotatable bonds is 1. The standard InChI is InChI=1S/C12H10O.C3H10Si/c13-12-8-6-11(7-9-12)10-4-2-1-3-5-10;1-4(2)3/h1-9,13H;4H,1-3H3. The van der Waals surface area contributed by atoms with Crippen LogP contribution in [-0.4, -0.2) is 13.9 Å². The lowest BCUT2D eigenvalue weighted by Crippen LogP contribution is -1.84. The van der Waals surface area contributed by atoms with Crippen LogP contribution in [0, 0.1) is 0 Å². The quantitative estimate of drug-likeness (QED) is 0.747. The van der Waals surface area contributed by atoms with Crippen LogP contribution in [0.2, 0.25) is 19.6 Å². The Morgan fingerprint density at radius 3 is 1.59 bits per heavy atom. The average Bonchev–Trinajstić information content (AvgIpc) is 2.30. The molecular weight excluding hydrogens is 224 g/mol. The highest BCUT2D eigenvalue weighted by Gasteiger charge is 1.94. The highest BCUT2D eigenvalue weighted by molar-refractivity contribution is 6.54. The minimum Gasteiger partial charge on any atom is -0.508 e. The molecule has 0 radical (unpaired) electrons. The molecule has 0 bridgehead atoms. The van der Waals surface area contributed by atoms with E-state index in [0.29, 0.717) is 5.75 Å². The second-order valence-corrected chi connectivity index (χ2v) is 8.11. The fraction of sp³-hybridized carbons (Fsp3) is 0.200. The van der Waals surface area contributed by atoms with Crippen molar-refractivity contribution in [3.63, 3.8) is 0 Å². The molecule has 0 atom stereocenters. The van der Waals surface area contributed by atoms with Crippen molar-refractivity contribution >= 4 is 8.80 Å². The van der Waals surface area contributed by atoms with Crippen molar-refractivity contribution in [2.24, 2.45) is 0 Å². The summed E-state index contributed by atoms with van der Waals surface area (Å²) in [6.45, 7) is 6.92. The SMILES string of the molecule is C[SiH](C)C.Oc1ccc(-c2ccccc2)cc1. The van der Waals surface area contributed by atoms with E-state index in [1.165, 1.54) is 5.56 Å². The van der Waals surface area contributed by atoms with Crippen LogP contribution in [0.1, 0.15) is 0 Å². The van der Waals surface area contributed by atoms with Gasteiger partial charge < -0.3 is 5.11 Å². The first-order valence-corrected chi connectivity index (χ1v) is 9.40. The zero-order valence-electron chi connectivity index (χ0n) is 10.7. The smallest absolute Gasteiger partial charge is 0.115 e. The van der Waals surface area contributed by atoms with Crippen LogP contribution in [0.3, 0.4) is 0 Å². The Morgan fingerprint density at radius 1 is 0.706 bits per heavy atom. The van der Waals surface area contributed by atoms with Gasteiger partial charge in [-0.2, -0.15) is 0 Å². The van der Waals surface area contributed by atoms with Crippen LogP contribution < -0.4 is 0 Å². The summed E-state index contributed by atoms with van der Waals surface area (Å²) in [7, 11) is -0.139. The fourth-order valence-corrected chi connectivity index (χ4v) is 1.28. The Kier molecular flexibility index (Phi) is 5.50. The van der Waals surface area contributed by atoms with E-state index in [1.807, 2.05) is 42.5 Å². The van der Waals surface area contributed by atoms with Gasteiger partial charge in [0, 0.05) is 8.80 Å². The molecule has 2 aromatic carbocycles. The summed E-state index contributed by atoms with van der Waals surface area (Å²) in [6.07, 6.45) is 0. The van der Waals surface area contributed by atoms with Gasteiger partial charge in [-0.1, -0.05) is 62.1 Å². The first-order valence-electron chi connectivity index (χ1n) is 5.94. The highest BCUT2D eigenvalue weighted by atomic mass is 28.3. The predicted molar refractivity (Wildman–Crippen MR) is 78.3 cm³/mol. The van der Waals surface area contributed by atoms with Crippen molar-refractivity contribution < 1.29 is 5.11 Å². The molecular formula is C15H20OSi. The molecule has 0 amide bonds. The molecule has 0 aromatic heterocycles. The summed E-state index contributed by atoms with van der Waals surface area (Å²) < 4.78 is 0. The number of hydrogen-bond donors (Lipinski definition) is 1. The maximum absolute atomic E-state index is 9.10. The minimum atomic E-state index is -0.139. The van der Waals surface area contributed by atoms with E-state index in [2.05, 4.69) is 19.6 Å². The summed E-state index contributed by atoms with van der Waals surface area (Å²) in [5, 5.41) is 9.10. The maximum atomic E-state index is 9.10. The third-order valence-corrected chi connectivity index (χ3v) is 1.97. The van der Waals surface area contributed by atoms with Gasteiger partial charge in [0.1, 0.15) is 5.75 Å². The number of benzene rings is 2. The van der Waals surface area contributed by atoms with Crippen molar-refractivity contribution in [3.05, 3.63) is 54.6 Å². The Balaban J connectivity index is 0.000000317. The lowest BCUT2D eigenvalue weighted by molar-refractivity contribution is 0.475. The molecule has 0 fully saturated rings. The molecule has 1 nitrogen and oxygen atoms in total.